The van der Waals surface area contributed by atoms with Crippen LogP contribution < -0.4 is 5.32 Å². The lowest BCUT2D eigenvalue weighted by Crippen LogP contribution is -2.39. The predicted octanol–water partition coefficient (Wildman–Crippen LogP) is 3.26. The van der Waals surface area contributed by atoms with Gasteiger partial charge in [-0.05, 0) is 38.4 Å². The molecule has 0 aliphatic carbocycles. The summed E-state index contributed by atoms with van der Waals surface area (Å²) in [5.74, 6) is 0. The molecule has 108 valence electrons. The van der Waals surface area contributed by atoms with Crippen molar-refractivity contribution < 1.29 is 0 Å². The van der Waals surface area contributed by atoms with Crippen molar-refractivity contribution in [2.75, 3.05) is 13.1 Å². The van der Waals surface area contributed by atoms with Crippen molar-refractivity contribution in [1.82, 2.24) is 15.2 Å². The Kier molecular flexibility index (Phi) is 4.34. The van der Waals surface area contributed by atoms with Crippen molar-refractivity contribution >= 4 is 21.6 Å². The van der Waals surface area contributed by atoms with Crippen molar-refractivity contribution in [2.45, 2.75) is 45.3 Å². The first-order valence-electron chi connectivity index (χ1n) is 7.58. The molecule has 20 heavy (non-hydrogen) atoms. The largest absolute Gasteiger partial charge is 0.313 e. The van der Waals surface area contributed by atoms with Gasteiger partial charge >= 0.3 is 0 Å². The number of benzene rings is 1. The molecule has 2 heterocycles. The van der Waals surface area contributed by atoms with Crippen LogP contribution in [0.25, 0.3) is 10.2 Å². The zero-order valence-corrected chi connectivity index (χ0v) is 13.1. The number of hydrogen-bond donors (Lipinski definition) is 1. The molecule has 2 unspecified atom stereocenters. The summed E-state index contributed by atoms with van der Waals surface area (Å²) in [5, 5.41) is 4.89. The zero-order chi connectivity index (χ0) is 13.9. The number of nitrogens with zero attached hydrogens (tertiary/aromatic N) is 2. The zero-order valence-electron chi connectivity index (χ0n) is 12.3. The van der Waals surface area contributed by atoms with E-state index in [0.29, 0.717) is 12.1 Å². The second-order valence-corrected chi connectivity index (χ2v) is 6.82. The Labute approximate surface area is 125 Å². The minimum Gasteiger partial charge on any atom is -0.313 e. The van der Waals surface area contributed by atoms with Gasteiger partial charge in [-0.15, -0.1) is 11.3 Å². The molecule has 1 aromatic carbocycles. The van der Waals surface area contributed by atoms with Crippen LogP contribution in [0.1, 0.15) is 31.7 Å². The van der Waals surface area contributed by atoms with Crippen molar-refractivity contribution in [3.05, 3.63) is 29.3 Å². The molecule has 1 aromatic heterocycles. The molecule has 2 atom stereocenters. The maximum absolute atomic E-state index is 4.78. The summed E-state index contributed by atoms with van der Waals surface area (Å²) in [7, 11) is 0. The van der Waals surface area contributed by atoms with Gasteiger partial charge in [0.05, 0.1) is 16.8 Å². The smallest absolute Gasteiger partial charge is 0.108 e. The molecule has 0 amide bonds. The van der Waals surface area contributed by atoms with Gasteiger partial charge in [0.15, 0.2) is 0 Å². The van der Waals surface area contributed by atoms with Crippen LogP contribution in [0.4, 0.5) is 0 Å². The summed E-state index contributed by atoms with van der Waals surface area (Å²) in [4.78, 5) is 7.37. The second kappa shape index (κ2) is 6.20. The molecule has 1 aliphatic rings. The number of fused-ring (bicyclic) bond motifs is 1. The van der Waals surface area contributed by atoms with Gasteiger partial charge in [0, 0.05) is 18.6 Å². The molecule has 0 bridgehead atoms. The van der Waals surface area contributed by atoms with Crippen molar-refractivity contribution in [1.29, 1.82) is 0 Å². The maximum Gasteiger partial charge on any atom is 0.108 e. The van der Waals surface area contributed by atoms with Crippen LogP contribution in [0, 0.1) is 0 Å². The molecule has 0 spiro atoms. The van der Waals surface area contributed by atoms with E-state index in [1.807, 2.05) is 11.3 Å². The van der Waals surface area contributed by atoms with Crippen LogP contribution >= 0.6 is 11.3 Å². The summed E-state index contributed by atoms with van der Waals surface area (Å²) < 4.78 is 1.30. The summed E-state index contributed by atoms with van der Waals surface area (Å²) in [6.45, 7) is 7.86. The summed E-state index contributed by atoms with van der Waals surface area (Å²) in [6.07, 6.45) is 2.42. The van der Waals surface area contributed by atoms with Crippen LogP contribution in [-0.4, -0.2) is 35.1 Å². The fourth-order valence-electron chi connectivity index (χ4n) is 2.86. The molecule has 3 nitrogen and oxygen atoms in total. The molecule has 1 saturated heterocycles. The van der Waals surface area contributed by atoms with E-state index < -0.39 is 0 Å². The second-order valence-electron chi connectivity index (χ2n) is 5.70. The lowest BCUT2D eigenvalue weighted by atomic mass is 10.2. The van der Waals surface area contributed by atoms with E-state index >= 15 is 0 Å². The molecule has 3 rings (SSSR count). The van der Waals surface area contributed by atoms with E-state index in [4.69, 9.17) is 4.98 Å². The van der Waals surface area contributed by atoms with E-state index in [1.54, 1.807) is 0 Å². The third kappa shape index (κ3) is 3.03. The monoisotopic (exact) mass is 289 g/mol. The molecule has 1 N–H and O–H groups in total. The molecule has 0 saturated carbocycles. The Hall–Kier alpha value is -0.970. The van der Waals surface area contributed by atoms with E-state index in [1.165, 1.54) is 22.5 Å². The molecular weight excluding hydrogens is 266 g/mol. The van der Waals surface area contributed by atoms with Gasteiger partial charge in [-0.3, -0.25) is 4.90 Å². The van der Waals surface area contributed by atoms with E-state index in [0.717, 1.165) is 25.2 Å². The third-order valence-corrected chi connectivity index (χ3v) is 5.26. The summed E-state index contributed by atoms with van der Waals surface area (Å²) >= 11 is 1.84. The Bertz CT molecular complexity index is 533. The van der Waals surface area contributed by atoms with Gasteiger partial charge in [-0.25, -0.2) is 4.98 Å². The third-order valence-electron chi connectivity index (χ3n) is 4.24. The molecular formula is C16H23N3S. The van der Waals surface area contributed by atoms with Crippen molar-refractivity contribution in [3.63, 3.8) is 0 Å². The Morgan fingerprint density at radius 1 is 1.40 bits per heavy atom. The van der Waals surface area contributed by atoms with Gasteiger partial charge in [0.2, 0.25) is 0 Å². The van der Waals surface area contributed by atoms with E-state index in [2.05, 4.69) is 48.3 Å². The highest BCUT2D eigenvalue weighted by molar-refractivity contribution is 7.18. The normalized spacial score (nSPS) is 24.9. The summed E-state index contributed by atoms with van der Waals surface area (Å²) in [6, 6.07) is 9.68. The fraction of sp³-hybridized carbons (Fsp3) is 0.562. The maximum atomic E-state index is 4.78. The number of thiazole rings is 1. The highest BCUT2D eigenvalue weighted by Gasteiger charge is 2.22. The van der Waals surface area contributed by atoms with Gasteiger partial charge in [-0.1, -0.05) is 19.1 Å². The van der Waals surface area contributed by atoms with Crippen molar-refractivity contribution in [2.24, 2.45) is 0 Å². The van der Waals surface area contributed by atoms with Gasteiger partial charge in [0.25, 0.3) is 0 Å². The molecule has 0 radical (unpaired) electrons. The number of hydrogen-bond acceptors (Lipinski definition) is 4. The average molecular weight is 289 g/mol. The van der Waals surface area contributed by atoms with E-state index in [-0.39, 0.29) is 0 Å². The SMILES string of the molecule is CCC1CN(Cc2nc3ccccc3s2)C(C)CCN1. The number of aromatic nitrogens is 1. The highest BCUT2D eigenvalue weighted by atomic mass is 32.1. The molecule has 1 fully saturated rings. The highest BCUT2D eigenvalue weighted by Crippen LogP contribution is 2.24. The number of rotatable bonds is 3. The minimum absolute atomic E-state index is 0.620. The number of para-hydroxylation sites is 1. The summed E-state index contributed by atoms with van der Waals surface area (Å²) in [5.41, 5.74) is 1.14. The standard InChI is InChI=1S/C16H23N3S/c1-3-13-10-19(12(2)8-9-17-13)11-16-18-14-6-4-5-7-15(14)20-16/h4-7,12-13,17H,3,8-11H2,1-2H3. The van der Waals surface area contributed by atoms with E-state index in [9.17, 15) is 0 Å². The molecule has 1 aliphatic heterocycles. The van der Waals surface area contributed by atoms with Crippen LogP contribution in [-0.2, 0) is 6.54 Å². The molecule has 2 aromatic rings. The van der Waals surface area contributed by atoms with Crippen LogP contribution in [0.5, 0.6) is 0 Å². The van der Waals surface area contributed by atoms with Crippen LogP contribution in [0.2, 0.25) is 0 Å². The number of nitrogens with one attached hydrogen (secondary N) is 1. The first-order chi connectivity index (χ1) is 9.76. The Balaban J connectivity index is 1.77. The lowest BCUT2D eigenvalue weighted by molar-refractivity contribution is 0.194. The Morgan fingerprint density at radius 2 is 2.25 bits per heavy atom. The van der Waals surface area contributed by atoms with Gasteiger partial charge < -0.3 is 5.32 Å². The minimum atomic E-state index is 0.620. The lowest BCUT2D eigenvalue weighted by Gasteiger charge is -2.27. The average Bonchev–Trinajstić information content (AvgIpc) is 2.78. The topological polar surface area (TPSA) is 28.2 Å². The molecule has 4 heteroatoms. The predicted molar refractivity (Wildman–Crippen MR) is 86.2 cm³/mol. The first-order valence-corrected chi connectivity index (χ1v) is 8.39. The van der Waals surface area contributed by atoms with Crippen LogP contribution in [0.3, 0.4) is 0 Å². The van der Waals surface area contributed by atoms with Crippen LogP contribution in [0.15, 0.2) is 24.3 Å². The first kappa shape index (κ1) is 14.0. The fourth-order valence-corrected chi connectivity index (χ4v) is 3.85. The quantitative estimate of drug-likeness (QED) is 0.940. The van der Waals surface area contributed by atoms with Crippen molar-refractivity contribution in [3.8, 4) is 0 Å². The van der Waals surface area contributed by atoms with Gasteiger partial charge in [0.1, 0.15) is 5.01 Å². The Morgan fingerprint density at radius 3 is 3.05 bits per heavy atom. The van der Waals surface area contributed by atoms with Gasteiger partial charge in [-0.2, -0.15) is 0 Å².